The molecule has 0 atom stereocenters. The fraction of sp³-hybridized carbons (Fsp3) is 0.500. The molecule has 0 heterocycles. The van der Waals surface area contributed by atoms with E-state index >= 15 is 0 Å². The number of rotatable bonds is 4. The van der Waals surface area contributed by atoms with E-state index in [4.69, 9.17) is 0 Å². The second-order valence-electron chi connectivity index (χ2n) is 2.61. The summed E-state index contributed by atoms with van der Waals surface area (Å²) in [5, 5.41) is 2.55. The Balaban J connectivity index is 3.53. The highest BCUT2D eigenvalue weighted by molar-refractivity contribution is 5.96. The fourth-order valence-electron chi connectivity index (χ4n) is 0.538. The molecular formula is C8H13NO2. The van der Waals surface area contributed by atoms with Gasteiger partial charge in [-0.1, -0.05) is 12.2 Å². The maximum Gasteiger partial charge on any atom is 0.227 e. The van der Waals surface area contributed by atoms with Gasteiger partial charge in [-0.3, -0.25) is 9.59 Å². The third-order valence-electron chi connectivity index (χ3n) is 0.997. The highest BCUT2D eigenvalue weighted by Gasteiger charge is 2.02. The quantitative estimate of drug-likeness (QED) is 0.479. The van der Waals surface area contributed by atoms with Gasteiger partial charge in [0.15, 0.2) is 0 Å². The summed E-state index contributed by atoms with van der Waals surface area (Å²) >= 11 is 0. The van der Waals surface area contributed by atoms with Crippen LogP contribution in [0.4, 0.5) is 0 Å². The number of amides is 1. The second kappa shape index (κ2) is 4.66. The summed E-state index contributed by atoms with van der Waals surface area (Å²) in [6.07, 6.45) is -0.0344. The van der Waals surface area contributed by atoms with Crippen LogP contribution in [0.5, 0.6) is 0 Å². The maximum absolute atomic E-state index is 10.8. The first kappa shape index (κ1) is 9.88. The molecule has 3 heteroatoms. The molecule has 0 saturated heterocycles. The number of Topliss-reactive ketones (excluding diaryl/α,β-unsaturated/α-hetero) is 1. The number of hydrogen-bond donors (Lipinski definition) is 1. The average Bonchev–Trinajstić information content (AvgIpc) is 1.82. The summed E-state index contributed by atoms with van der Waals surface area (Å²) in [7, 11) is 0. The van der Waals surface area contributed by atoms with Crippen LogP contribution in [-0.4, -0.2) is 18.2 Å². The van der Waals surface area contributed by atoms with Gasteiger partial charge in [0.25, 0.3) is 0 Å². The van der Waals surface area contributed by atoms with E-state index in [9.17, 15) is 9.59 Å². The predicted octanol–water partition coefficient (Wildman–Crippen LogP) is 0.658. The van der Waals surface area contributed by atoms with Crippen LogP contribution in [0.3, 0.4) is 0 Å². The summed E-state index contributed by atoms with van der Waals surface area (Å²) in [4.78, 5) is 21.2. The van der Waals surface area contributed by atoms with E-state index in [1.165, 1.54) is 6.92 Å². The smallest absolute Gasteiger partial charge is 0.227 e. The minimum Gasteiger partial charge on any atom is -0.352 e. The van der Waals surface area contributed by atoms with Crippen LogP contribution in [-0.2, 0) is 9.59 Å². The van der Waals surface area contributed by atoms with Crippen LogP contribution in [0, 0.1) is 0 Å². The monoisotopic (exact) mass is 155 g/mol. The van der Waals surface area contributed by atoms with Crippen molar-refractivity contribution in [1.82, 2.24) is 5.32 Å². The van der Waals surface area contributed by atoms with Crippen LogP contribution in [0.2, 0.25) is 0 Å². The zero-order chi connectivity index (χ0) is 8.85. The Labute approximate surface area is 66.5 Å². The van der Waals surface area contributed by atoms with Crippen molar-refractivity contribution >= 4 is 11.7 Å². The molecule has 0 unspecified atom stereocenters. The minimum atomic E-state index is -0.236. The number of hydrogen-bond acceptors (Lipinski definition) is 2. The number of carbonyl (C=O) groups is 2. The fourth-order valence-corrected chi connectivity index (χ4v) is 0.538. The Kier molecular flexibility index (Phi) is 4.18. The standard InChI is InChI=1S/C8H13NO2/c1-6(2)5-9-8(11)4-7(3)10/h1,4-5H2,2-3H3,(H,9,11). The summed E-state index contributed by atoms with van der Waals surface area (Å²) in [6, 6.07) is 0. The lowest BCUT2D eigenvalue weighted by Gasteiger charge is -2.01. The summed E-state index contributed by atoms with van der Waals surface area (Å²) in [6.45, 7) is 7.26. The number of ketones is 1. The predicted molar refractivity (Wildman–Crippen MR) is 43.1 cm³/mol. The molecule has 0 saturated carbocycles. The molecule has 0 bridgehead atoms. The van der Waals surface area contributed by atoms with E-state index in [2.05, 4.69) is 11.9 Å². The zero-order valence-corrected chi connectivity index (χ0v) is 6.94. The van der Waals surface area contributed by atoms with Crippen molar-refractivity contribution in [3.05, 3.63) is 12.2 Å². The van der Waals surface area contributed by atoms with E-state index in [1.807, 2.05) is 6.92 Å². The third kappa shape index (κ3) is 6.77. The van der Waals surface area contributed by atoms with Crippen molar-refractivity contribution in [2.75, 3.05) is 6.54 Å². The van der Waals surface area contributed by atoms with Crippen LogP contribution < -0.4 is 5.32 Å². The van der Waals surface area contributed by atoms with Crippen molar-refractivity contribution in [3.8, 4) is 0 Å². The Morgan fingerprint density at radius 2 is 1.91 bits per heavy atom. The maximum atomic E-state index is 10.8. The molecule has 0 aromatic rings. The van der Waals surface area contributed by atoms with Gasteiger partial charge >= 0.3 is 0 Å². The van der Waals surface area contributed by atoms with Crippen molar-refractivity contribution in [3.63, 3.8) is 0 Å². The van der Waals surface area contributed by atoms with E-state index in [-0.39, 0.29) is 18.1 Å². The molecule has 62 valence electrons. The number of nitrogens with one attached hydrogen (secondary N) is 1. The minimum absolute atomic E-state index is 0.0344. The Morgan fingerprint density at radius 3 is 2.27 bits per heavy atom. The highest BCUT2D eigenvalue weighted by atomic mass is 16.2. The Hall–Kier alpha value is -1.12. The number of carbonyl (C=O) groups excluding carboxylic acids is 2. The van der Waals surface area contributed by atoms with Crippen molar-refractivity contribution in [2.24, 2.45) is 0 Å². The van der Waals surface area contributed by atoms with E-state index in [1.54, 1.807) is 0 Å². The summed E-state index contributed by atoms with van der Waals surface area (Å²) in [5.74, 6) is -0.357. The van der Waals surface area contributed by atoms with Crippen molar-refractivity contribution in [1.29, 1.82) is 0 Å². The normalized spacial score (nSPS) is 8.91. The lowest BCUT2D eigenvalue weighted by Crippen LogP contribution is -2.26. The van der Waals surface area contributed by atoms with Gasteiger partial charge in [0.2, 0.25) is 5.91 Å². The molecule has 0 spiro atoms. The van der Waals surface area contributed by atoms with E-state index < -0.39 is 0 Å². The SMILES string of the molecule is C=C(C)CNC(=O)CC(C)=O. The van der Waals surface area contributed by atoms with Gasteiger partial charge in [-0.2, -0.15) is 0 Å². The molecule has 0 aliphatic rings. The topological polar surface area (TPSA) is 46.2 Å². The van der Waals surface area contributed by atoms with Crippen LogP contribution in [0.25, 0.3) is 0 Å². The first-order valence-corrected chi connectivity index (χ1v) is 3.43. The third-order valence-corrected chi connectivity index (χ3v) is 0.997. The molecule has 0 aliphatic carbocycles. The van der Waals surface area contributed by atoms with Gasteiger partial charge in [-0.05, 0) is 13.8 Å². The molecule has 1 amide bonds. The van der Waals surface area contributed by atoms with Gasteiger partial charge in [-0.15, -0.1) is 0 Å². The van der Waals surface area contributed by atoms with Gasteiger partial charge in [0.1, 0.15) is 5.78 Å². The van der Waals surface area contributed by atoms with Gasteiger partial charge in [-0.25, -0.2) is 0 Å². The van der Waals surface area contributed by atoms with Crippen molar-refractivity contribution < 1.29 is 9.59 Å². The van der Waals surface area contributed by atoms with Gasteiger partial charge in [0.05, 0.1) is 6.42 Å². The first-order valence-electron chi connectivity index (χ1n) is 3.43. The largest absolute Gasteiger partial charge is 0.352 e. The lowest BCUT2D eigenvalue weighted by atomic mass is 10.3. The molecule has 0 aromatic heterocycles. The average molecular weight is 155 g/mol. The van der Waals surface area contributed by atoms with E-state index in [0.717, 1.165) is 5.57 Å². The molecule has 1 N–H and O–H groups in total. The Morgan fingerprint density at radius 1 is 1.36 bits per heavy atom. The van der Waals surface area contributed by atoms with Gasteiger partial charge < -0.3 is 5.32 Å². The molecule has 0 radical (unpaired) electrons. The van der Waals surface area contributed by atoms with Crippen LogP contribution in [0.1, 0.15) is 20.3 Å². The molecule has 0 aromatic carbocycles. The molecule has 3 nitrogen and oxygen atoms in total. The first-order chi connectivity index (χ1) is 5.02. The van der Waals surface area contributed by atoms with Crippen molar-refractivity contribution in [2.45, 2.75) is 20.3 Å². The molecule has 11 heavy (non-hydrogen) atoms. The zero-order valence-electron chi connectivity index (χ0n) is 6.94. The second-order valence-corrected chi connectivity index (χ2v) is 2.61. The lowest BCUT2D eigenvalue weighted by molar-refractivity contribution is -0.127. The van der Waals surface area contributed by atoms with E-state index in [0.29, 0.717) is 6.54 Å². The van der Waals surface area contributed by atoms with Crippen LogP contribution >= 0.6 is 0 Å². The highest BCUT2D eigenvalue weighted by Crippen LogP contribution is 1.85. The molecule has 0 aliphatic heterocycles. The molecule has 0 fully saturated rings. The summed E-state index contributed by atoms with van der Waals surface area (Å²) in [5.41, 5.74) is 0.877. The van der Waals surface area contributed by atoms with Crippen LogP contribution in [0.15, 0.2) is 12.2 Å². The molecule has 0 rings (SSSR count). The summed E-state index contributed by atoms with van der Waals surface area (Å²) < 4.78 is 0. The van der Waals surface area contributed by atoms with Gasteiger partial charge in [0, 0.05) is 6.54 Å². The molecular weight excluding hydrogens is 142 g/mol. The Bertz CT molecular complexity index is 185.